The van der Waals surface area contributed by atoms with Crippen LogP contribution < -0.4 is 19.6 Å². The van der Waals surface area contributed by atoms with Gasteiger partial charge in [0.25, 0.3) is 5.56 Å². The summed E-state index contributed by atoms with van der Waals surface area (Å²) in [6, 6.07) is 4.18. The van der Waals surface area contributed by atoms with Crippen LogP contribution in [0, 0.1) is 6.92 Å². The van der Waals surface area contributed by atoms with Crippen LogP contribution in [-0.4, -0.2) is 18.2 Å². The lowest BCUT2D eigenvalue weighted by atomic mass is 9.96. The Kier molecular flexibility index (Phi) is 3.91. The van der Waals surface area contributed by atoms with Crippen molar-refractivity contribution in [2.75, 3.05) is 13.7 Å². The normalized spacial score (nSPS) is 14.3. The topological polar surface area (TPSA) is 43.6 Å². The van der Waals surface area contributed by atoms with Crippen LogP contribution in [0.25, 0.3) is 6.08 Å². The van der Waals surface area contributed by atoms with Gasteiger partial charge in [-0.2, -0.15) is 0 Å². The zero-order valence-electron chi connectivity index (χ0n) is 13.3. The molecule has 0 bridgehead atoms. The van der Waals surface area contributed by atoms with Crippen LogP contribution in [0.3, 0.4) is 0 Å². The minimum absolute atomic E-state index is 0.0718. The van der Waals surface area contributed by atoms with E-state index in [9.17, 15) is 4.79 Å². The van der Waals surface area contributed by atoms with Crippen LogP contribution in [0.2, 0.25) is 0 Å². The summed E-state index contributed by atoms with van der Waals surface area (Å²) in [6.45, 7) is 7.76. The molecule has 0 saturated carbocycles. The molecule has 2 heterocycles. The first-order valence-electron chi connectivity index (χ1n) is 7.45. The molecule has 1 aliphatic heterocycles. The third-order valence-corrected chi connectivity index (χ3v) is 5.03. The van der Waals surface area contributed by atoms with E-state index in [1.165, 1.54) is 11.3 Å². The highest BCUT2D eigenvalue weighted by Crippen LogP contribution is 2.29. The molecule has 1 aliphatic rings. The Morgan fingerprint density at radius 1 is 1.41 bits per heavy atom. The molecule has 116 valence electrons. The first kappa shape index (κ1) is 15.0. The Bertz CT molecular complexity index is 891. The number of hydrogen-bond acceptors (Lipinski definition) is 4. The molecule has 0 aliphatic carbocycles. The van der Waals surface area contributed by atoms with Crippen molar-refractivity contribution < 1.29 is 4.74 Å². The molecule has 2 aromatic rings. The predicted octanol–water partition coefficient (Wildman–Crippen LogP) is 1.81. The van der Waals surface area contributed by atoms with Crippen LogP contribution >= 0.6 is 11.3 Å². The van der Waals surface area contributed by atoms with Gasteiger partial charge in [0.1, 0.15) is 5.75 Å². The van der Waals surface area contributed by atoms with Gasteiger partial charge >= 0.3 is 0 Å². The monoisotopic (exact) mass is 316 g/mol. The number of methoxy groups -OCH3 is 1. The molecule has 0 saturated heterocycles. The molecule has 22 heavy (non-hydrogen) atoms. The maximum Gasteiger partial charge on any atom is 0.270 e. The first-order chi connectivity index (χ1) is 10.5. The van der Waals surface area contributed by atoms with Gasteiger partial charge in [0.05, 0.1) is 18.2 Å². The minimum Gasteiger partial charge on any atom is -0.496 e. The number of rotatable bonds is 3. The molecular weight excluding hydrogens is 296 g/mol. The van der Waals surface area contributed by atoms with Crippen LogP contribution in [0.5, 0.6) is 5.75 Å². The molecule has 3 rings (SSSR count). The van der Waals surface area contributed by atoms with E-state index >= 15 is 0 Å². The highest BCUT2D eigenvalue weighted by molar-refractivity contribution is 7.07. The van der Waals surface area contributed by atoms with Crippen molar-refractivity contribution in [2.45, 2.75) is 33.2 Å². The lowest BCUT2D eigenvalue weighted by molar-refractivity contribution is 0.407. The first-order valence-corrected chi connectivity index (χ1v) is 8.27. The van der Waals surface area contributed by atoms with Crippen molar-refractivity contribution in [2.24, 2.45) is 4.99 Å². The summed E-state index contributed by atoms with van der Waals surface area (Å²) in [5, 5.41) is 0. The fourth-order valence-electron chi connectivity index (χ4n) is 2.71. The van der Waals surface area contributed by atoms with Gasteiger partial charge in [-0.05, 0) is 47.7 Å². The van der Waals surface area contributed by atoms with Gasteiger partial charge in [-0.25, -0.2) is 0 Å². The summed E-state index contributed by atoms with van der Waals surface area (Å²) in [6.07, 6.45) is 1.98. The van der Waals surface area contributed by atoms with E-state index in [0.717, 1.165) is 38.3 Å². The molecular formula is C17H20N2O2S. The summed E-state index contributed by atoms with van der Waals surface area (Å²) in [5.74, 6) is 1.28. The molecule has 0 N–H and O–H groups in total. The van der Waals surface area contributed by atoms with E-state index in [2.05, 4.69) is 24.9 Å². The molecule has 5 heteroatoms. The van der Waals surface area contributed by atoms with Crippen LogP contribution in [-0.2, 0) is 6.54 Å². The van der Waals surface area contributed by atoms with Gasteiger partial charge in [-0.3, -0.25) is 14.4 Å². The number of fused-ring (bicyclic) bond motifs is 1. The van der Waals surface area contributed by atoms with Crippen molar-refractivity contribution in [3.05, 3.63) is 48.5 Å². The Hall–Kier alpha value is -1.88. The maximum atomic E-state index is 12.4. The lowest BCUT2D eigenvalue weighted by Crippen LogP contribution is -2.29. The van der Waals surface area contributed by atoms with Gasteiger partial charge in [0.2, 0.25) is 0 Å². The van der Waals surface area contributed by atoms with E-state index in [-0.39, 0.29) is 5.56 Å². The molecule has 0 fully saturated rings. The summed E-state index contributed by atoms with van der Waals surface area (Å²) >= 11 is 1.47. The predicted molar refractivity (Wildman–Crippen MR) is 89.6 cm³/mol. The number of ether oxygens (including phenoxy) is 1. The van der Waals surface area contributed by atoms with Crippen molar-refractivity contribution in [1.29, 1.82) is 0 Å². The summed E-state index contributed by atoms with van der Waals surface area (Å²) in [4.78, 5) is 17.6. The number of aryl methyl sites for hydroxylation is 1. The minimum atomic E-state index is 0.0718. The number of hydrogen-bond donors (Lipinski definition) is 0. The summed E-state index contributed by atoms with van der Waals surface area (Å²) in [7, 11) is 1.70. The quantitative estimate of drug-likeness (QED) is 0.867. The maximum absolute atomic E-state index is 12.4. The average Bonchev–Trinajstić information content (AvgIpc) is 3.04. The van der Waals surface area contributed by atoms with Gasteiger partial charge < -0.3 is 4.74 Å². The Labute approximate surface area is 133 Å². The summed E-state index contributed by atoms with van der Waals surface area (Å²) < 4.78 is 7.99. The molecule has 1 aromatic heterocycles. The van der Waals surface area contributed by atoms with E-state index < -0.39 is 0 Å². The van der Waals surface area contributed by atoms with Crippen molar-refractivity contribution in [1.82, 2.24) is 4.57 Å². The number of thiazole rings is 1. The fraction of sp³-hybridized carbons (Fsp3) is 0.412. The smallest absolute Gasteiger partial charge is 0.270 e. The second-order valence-electron chi connectivity index (χ2n) is 5.84. The molecule has 0 amide bonds. The van der Waals surface area contributed by atoms with Crippen LogP contribution in [0.1, 0.15) is 36.5 Å². The highest BCUT2D eigenvalue weighted by Gasteiger charge is 2.12. The van der Waals surface area contributed by atoms with E-state index in [1.54, 1.807) is 11.7 Å². The van der Waals surface area contributed by atoms with Crippen molar-refractivity contribution in [3.63, 3.8) is 0 Å². The fourth-order valence-corrected chi connectivity index (χ4v) is 3.73. The molecule has 0 radical (unpaired) electrons. The van der Waals surface area contributed by atoms with Crippen LogP contribution in [0.4, 0.5) is 0 Å². The molecule has 0 atom stereocenters. The Balaban J connectivity index is 2.19. The van der Waals surface area contributed by atoms with Gasteiger partial charge in [0.15, 0.2) is 4.80 Å². The summed E-state index contributed by atoms with van der Waals surface area (Å²) in [5.41, 5.74) is 3.41. The number of benzene rings is 1. The average molecular weight is 316 g/mol. The standard InChI is InChI=1S/C17H20N2O2S/c1-10(2)13-8-12(11(3)7-14(13)21-4)9-15-16(20)19-6-5-18-17(19)22-15/h7-10H,5-6H2,1-4H3/b15-9-. The van der Waals surface area contributed by atoms with E-state index in [4.69, 9.17) is 4.74 Å². The zero-order chi connectivity index (χ0) is 15.9. The lowest BCUT2D eigenvalue weighted by Gasteiger charge is -2.14. The third kappa shape index (κ3) is 2.50. The SMILES string of the molecule is COc1cc(C)c(/C=c2\sc3n(c2=O)CCN=3)cc1C(C)C. The number of nitrogens with zero attached hydrogens (tertiary/aromatic N) is 2. The van der Waals surface area contributed by atoms with Gasteiger partial charge in [-0.15, -0.1) is 0 Å². The largest absolute Gasteiger partial charge is 0.496 e. The van der Waals surface area contributed by atoms with Crippen molar-refractivity contribution in [3.8, 4) is 5.75 Å². The third-order valence-electron chi connectivity index (χ3n) is 3.99. The zero-order valence-corrected chi connectivity index (χ0v) is 14.2. The highest BCUT2D eigenvalue weighted by atomic mass is 32.1. The Morgan fingerprint density at radius 3 is 2.82 bits per heavy atom. The van der Waals surface area contributed by atoms with E-state index in [0.29, 0.717) is 12.5 Å². The van der Waals surface area contributed by atoms with E-state index in [1.807, 2.05) is 19.1 Å². The number of aromatic nitrogens is 1. The second-order valence-corrected chi connectivity index (χ2v) is 6.85. The van der Waals surface area contributed by atoms with Gasteiger partial charge in [0, 0.05) is 6.54 Å². The molecule has 4 nitrogen and oxygen atoms in total. The molecule has 0 unspecified atom stereocenters. The van der Waals surface area contributed by atoms with Gasteiger partial charge in [-0.1, -0.05) is 25.2 Å². The second kappa shape index (κ2) is 5.72. The Morgan fingerprint density at radius 2 is 2.18 bits per heavy atom. The van der Waals surface area contributed by atoms with Crippen molar-refractivity contribution >= 4 is 17.4 Å². The van der Waals surface area contributed by atoms with Crippen LogP contribution in [0.15, 0.2) is 21.9 Å². The molecule has 1 aromatic carbocycles. The molecule has 0 spiro atoms.